The molecule has 0 unspecified atom stereocenters. The van der Waals surface area contributed by atoms with Crippen LogP contribution < -0.4 is 10.1 Å². The molecule has 2 atom stereocenters. The highest BCUT2D eigenvalue weighted by molar-refractivity contribution is 7.19. The molecule has 18 heavy (non-hydrogen) atoms. The Morgan fingerprint density at radius 2 is 2.22 bits per heavy atom. The third-order valence-electron chi connectivity index (χ3n) is 3.77. The first-order valence-electron chi connectivity index (χ1n) is 6.57. The molecule has 2 aromatic rings. The van der Waals surface area contributed by atoms with E-state index in [4.69, 9.17) is 4.74 Å². The Balaban J connectivity index is 1.92. The molecule has 0 spiro atoms. The van der Waals surface area contributed by atoms with E-state index in [1.54, 1.807) is 7.11 Å². The first kappa shape index (κ1) is 12.0. The van der Waals surface area contributed by atoms with Crippen LogP contribution in [0.2, 0.25) is 0 Å². The van der Waals surface area contributed by atoms with Gasteiger partial charge in [-0.25, -0.2) is 0 Å². The van der Waals surface area contributed by atoms with Gasteiger partial charge in [0.1, 0.15) is 5.75 Å². The standard InChI is InChI=1S/C15H19NOS/c1-10-7-12(5-6-16-10)14-8-11-3-4-13(17-2)9-15(11)18-14/h3-4,8-10,12,16H,5-7H2,1-2H3/t10-,12-/m0/s1. The molecule has 1 N–H and O–H groups in total. The number of rotatable bonds is 2. The average molecular weight is 261 g/mol. The molecule has 1 aliphatic heterocycles. The lowest BCUT2D eigenvalue weighted by Gasteiger charge is -2.27. The van der Waals surface area contributed by atoms with Gasteiger partial charge in [0.05, 0.1) is 7.11 Å². The summed E-state index contributed by atoms with van der Waals surface area (Å²) >= 11 is 1.93. The highest BCUT2D eigenvalue weighted by Crippen LogP contribution is 2.37. The van der Waals surface area contributed by atoms with Gasteiger partial charge in [0, 0.05) is 15.6 Å². The zero-order chi connectivity index (χ0) is 12.5. The van der Waals surface area contributed by atoms with Crippen LogP contribution in [0, 0.1) is 0 Å². The molecule has 1 fully saturated rings. The number of benzene rings is 1. The molecule has 1 saturated heterocycles. The maximum atomic E-state index is 5.29. The molecule has 3 heteroatoms. The Morgan fingerprint density at radius 1 is 1.33 bits per heavy atom. The number of piperidine rings is 1. The molecular formula is C15H19NOS. The third kappa shape index (κ3) is 2.25. The maximum absolute atomic E-state index is 5.29. The van der Waals surface area contributed by atoms with Gasteiger partial charge < -0.3 is 10.1 Å². The number of fused-ring (bicyclic) bond motifs is 1. The van der Waals surface area contributed by atoms with Crippen molar-refractivity contribution in [1.82, 2.24) is 5.32 Å². The fourth-order valence-corrected chi connectivity index (χ4v) is 3.99. The lowest BCUT2D eigenvalue weighted by molar-refractivity contribution is 0.384. The van der Waals surface area contributed by atoms with Gasteiger partial charge in [-0.2, -0.15) is 0 Å². The Morgan fingerprint density at radius 3 is 3.00 bits per heavy atom. The third-order valence-corrected chi connectivity index (χ3v) is 5.03. The lowest BCUT2D eigenvalue weighted by atomic mass is 9.92. The number of hydrogen-bond acceptors (Lipinski definition) is 3. The molecule has 0 amide bonds. The summed E-state index contributed by atoms with van der Waals surface area (Å²) in [5, 5.41) is 4.87. The quantitative estimate of drug-likeness (QED) is 0.888. The van der Waals surface area contributed by atoms with Gasteiger partial charge in [0.2, 0.25) is 0 Å². The van der Waals surface area contributed by atoms with E-state index < -0.39 is 0 Å². The van der Waals surface area contributed by atoms with Crippen LogP contribution in [-0.4, -0.2) is 19.7 Å². The largest absolute Gasteiger partial charge is 0.497 e. The lowest BCUT2D eigenvalue weighted by Crippen LogP contribution is -2.34. The van der Waals surface area contributed by atoms with Crippen LogP contribution in [0.3, 0.4) is 0 Å². The first-order chi connectivity index (χ1) is 8.76. The molecule has 2 heterocycles. The number of methoxy groups -OCH3 is 1. The van der Waals surface area contributed by atoms with Crippen molar-refractivity contribution in [3.8, 4) is 5.75 Å². The van der Waals surface area contributed by atoms with E-state index in [-0.39, 0.29) is 0 Å². The molecule has 0 aliphatic carbocycles. The van der Waals surface area contributed by atoms with E-state index >= 15 is 0 Å². The van der Waals surface area contributed by atoms with Crippen LogP contribution in [0.25, 0.3) is 10.1 Å². The summed E-state index contributed by atoms with van der Waals surface area (Å²) in [5.41, 5.74) is 0. The molecule has 0 saturated carbocycles. The zero-order valence-electron chi connectivity index (χ0n) is 10.9. The molecule has 96 valence electrons. The highest BCUT2D eigenvalue weighted by atomic mass is 32.1. The Hall–Kier alpha value is -1.06. The van der Waals surface area contributed by atoms with Crippen molar-refractivity contribution < 1.29 is 4.74 Å². The van der Waals surface area contributed by atoms with Gasteiger partial charge in [0.25, 0.3) is 0 Å². The molecule has 2 nitrogen and oxygen atoms in total. The minimum absolute atomic E-state index is 0.642. The highest BCUT2D eigenvalue weighted by Gasteiger charge is 2.21. The van der Waals surface area contributed by atoms with Crippen LogP contribution in [0.1, 0.15) is 30.6 Å². The normalized spacial score (nSPS) is 24.3. The van der Waals surface area contributed by atoms with E-state index in [9.17, 15) is 0 Å². The minimum atomic E-state index is 0.642. The second-order valence-corrected chi connectivity index (χ2v) is 6.24. The molecule has 0 bridgehead atoms. The summed E-state index contributed by atoms with van der Waals surface area (Å²) in [4.78, 5) is 1.53. The summed E-state index contributed by atoms with van der Waals surface area (Å²) in [6, 6.07) is 9.36. The topological polar surface area (TPSA) is 21.3 Å². The van der Waals surface area contributed by atoms with Gasteiger partial charge in [-0.3, -0.25) is 0 Å². The van der Waals surface area contributed by atoms with Gasteiger partial charge in [-0.05, 0) is 61.9 Å². The van der Waals surface area contributed by atoms with Crippen LogP contribution >= 0.6 is 11.3 Å². The average Bonchev–Trinajstić information content (AvgIpc) is 2.81. The second-order valence-electron chi connectivity index (χ2n) is 5.13. The van der Waals surface area contributed by atoms with Crippen LogP contribution in [0.4, 0.5) is 0 Å². The fraction of sp³-hybridized carbons (Fsp3) is 0.467. The summed E-state index contributed by atoms with van der Waals surface area (Å²) < 4.78 is 6.63. The van der Waals surface area contributed by atoms with E-state index in [1.807, 2.05) is 17.4 Å². The van der Waals surface area contributed by atoms with E-state index in [0.29, 0.717) is 6.04 Å². The summed E-state index contributed by atoms with van der Waals surface area (Å²) in [6.45, 7) is 3.42. The monoisotopic (exact) mass is 261 g/mol. The molecule has 0 radical (unpaired) electrons. The van der Waals surface area contributed by atoms with Crippen molar-refractivity contribution in [2.45, 2.75) is 31.7 Å². The van der Waals surface area contributed by atoms with Crippen LogP contribution in [0.15, 0.2) is 24.3 Å². The smallest absolute Gasteiger partial charge is 0.120 e. The summed E-state index contributed by atoms with van der Waals surface area (Å²) in [7, 11) is 1.73. The van der Waals surface area contributed by atoms with Crippen molar-refractivity contribution in [3.05, 3.63) is 29.1 Å². The summed E-state index contributed by atoms with van der Waals surface area (Å²) in [6.07, 6.45) is 2.51. The minimum Gasteiger partial charge on any atom is -0.497 e. The first-order valence-corrected chi connectivity index (χ1v) is 7.39. The zero-order valence-corrected chi connectivity index (χ0v) is 11.7. The fourth-order valence-electron chi connectivity index (χ4n) is 2.75. The van der Waals surface area contributed by atoms with Gasteiger partial charge in [-0.15, -0.1) is 11.3 Å². The number of nitrogens with one attached hydrogen (secondary N) is 1. The number of hydrogen-bond donors (Lipinski definition) is 1. The van der Waals surface area contributed by atoms with Gasteiger partial charge >= 0.3 is 0 Å². The van der Waals surface area contributed by atoms with Crippen molar-refractivity contribution in [3.63, 3.8) is 0 Å². The predicted octanol–water partition coefficient (Wildman–Crippen LogP) is 3.77. The van der Waals surface area contributed by atoms with Crippen molar-refractivity contribution >= 4 is 21.4 Å². The molecular weight excluding hydrogens is 242 g/mol. The summed E-state index contributed by atoms with van der Waals surface area (Å²) in [5.74, 6) is 1.68. The van der Waals surface area contributed by atoms with Crippen molar-refractivity contribution in [2.24, 2.45) is 0 Å². The van der Waals surface area contributed by atoms with Gasteiger partial charge in [-0.1, -0.05) is 0 Å². The Bertz CT molecular complexity index is 548. The van der Waals surface area contributed by atoms with Crippen LogP contribution in [-0.2, 0) is 0 Å². The SMILES string of the molecule is COc1ccc2cc([C@H]3CCN[C@@H](C)C3)sc2c1. The molecule has 3 rings (SSSR count). The maximum Gasteiger partial charge on any atom is 0.120 e. The second kappa shape index (κ2) is 4.90. The molecule has 1 aromatic carbocycles. The van der Waals surface area contributed by atoms with E-state index in [1.165, 1.54) is 27.8 Å². The van der Waals surface area contributed by atoms with Crippen molar-refractivity contribution in [2.75, 3.05) is 13.7 Å². The van der Waals surface area contributed by atoms with E-state index in [2.05, 4.69) is 30.4 Å². The Kier molecular flexibility index (Phi) is 3.27. The molecule has 1 aromatic heterocycles. The number of ether oxygens (including phenoxy) is 1. The van der Waals surface area contributed by atoms with Crippen molar-refractivity contribution in [1.29, 1.82) is 0 Å². The molecule has 1 aliphatic rings. The van der Waals surface area contributed by atoms with E-state index in [0.717, 1.165) is 18.2 Å². The van der Waals surface area contributed by atoms with Crippen LogP contribution in [0.5, 0.6) is 5.75 Å². The van der Waals surface area contributed by atoms with Gasteiger partial charge in [0.15, 0.2) is 0 Å². The Labute approximate surface area is 112 Å². The number of thiophene rings is 1. The predicted molar refractivity (Wildman–Crippen MR) is 77.8 cm³/mol.